The van der Waals surface area contributed by atoms with Crippen molar-refractivity contribution in [1.29, 1.82) is 0 Å². The van der Waals surface area contributed by atoms with E-state index in [2.05, 4.69) is 15.3 Å². The third-order valence-corrected chi connectivity index (χ3v) is 3.68. The molecule has 1 N–H and O–H groups in total. The normalized spacial score (nSPS) is 10.7. The summed E-state index contributed by atoms with van der Waals surface area (Å²) in [5, 5.41) is 14.9. The number of anilines is 1. The lowest BCUT2D eigenvalue weighted by Crippen LogP contribution is -2.03. The molecule has 0 spiro atoms. The minimum Gasteiger partial charge on any atom is -0.365 e. The van der Waals surface area contributed by atoms with Crippen LogP contribution in [-0.4, -0.2) is 14.9 Å². The van der Waals surface area contributed by atoms with Gasteiger partial charge in [-0.3, -0.25) is 10.1 Å². The molecule has 23 heavy (non-hydrogen) atoms. The number of nitrogens with one attached hydrogen (secondary N) is 1. The van der Waals surface area contributed by atoms with Gasteiger partial charge < -0.3 is 5.32 Å². The Morgan fingerprint density at radius 2 is 1.91 bits per heavy atom. The average molecular weight is 329 g/mol. The fraction of sp³-hybridized carbons (Fsp3) is 0.125. The molecule has 1 heterocycles. The zero-order chi connectivity index (χ0) is 16.4. The number of non-ortho nitro benzene ring substituents is 1. The quantitative estimate of drug-likeness (QED) is 0.443. The number of rotatable bonds is 4. The Balaban J connectivity index is 1.87. The summed E-state index contributed by atoms with van der Waals surface area (Å²) < 4.78 is 0. The van der Waals surface area contributed by atoms with Gasteiger partial charge in [0.15, 0.2) is 0 Å². The monoisotopic (exact) mass is 328 g/mol. The molecule has 0 unspecified atom stereocenters. The molecule has 116 valence electrons. The van der Waals surface area contributed by atoms with Gasteiger partial charge in [0, 0.05) is 24.1 Å². The molecule has 0 saturated heterocycles. The standard InChI is InChI=1S/C16H13ClN4O2/c1-10-3-2-4-13-14(10)19-16(17)20-15(13)18-9-11-5-7-12(8-6-11)21(22)23/h2-8H,9H2,1H3,(H,18,19,20). The lowest BCUT2D eigenvalue weighted by molar-refractivity contribution is -0.384. The van der Waals surface area contributed by atoms with E-state index in [1.165, 1.54) is 12.1 Å². The van der Waals surface area contributed by atoms with Crippen LogP contribution in [0.25, 0.3) is 10.9 Å². The zero-order valence-corrected chi connectivity index (χ0v) is 13.0. The van der Waals surface area contributed by atoms with E-state index in [1.54, 1.807) is 12.1 Å². The molecule has 0 saturated carbocycles. The van der Waals surface area contributed by atoms with Gasteiger partial charge in [0.05, 0.1) is 10.4 Å². The van der Waals surface area contributed by atoms with Gasteiger partial charge in [-0.25, -0.2) is 9.97 Å². The predicted molar refractivity (Wildman–Crippen MR) is 89.7 cm³/mol. The number of para-hydroxylation sites is 1. The van der Waals surface area contributed by atoms with Gasteiger partial charge in [-0.05, 0) is 35.7 Å². The highest BCUT2D eigenvalue weighted by molar-refractivity contribution is 6.28. The zero-order valence-electron chi connectivity index (χ0n) is 12.3. The van der Waals surface area contributed by atoms with Crippen molar-refractivity contribution in [3.63, 3.8) is 0 Å². The maximum atomic E-state index is 10.7. The molecule has 3 aromatic rings. The molecule has 0 atom stereocenters. The van der Waals surface area contributed by atoms with Crippen LogP contribution in [0.3, 0.4) is 0 Å². The average Bonchev–Trinajstić information content (AvgIpc) is 2.54. The van der Waals surface area contributed by atoms with Crippen molar-refractivity contribution in [1.82, 2.24) is 9.97 Å². The van der Waals surface area contributed by atoms with Crippen molar-refractivity contribution < 1.29 is 4.92 Å². The number of hydrogen-bond acceptors (Lipinski definition) is 5. The topological polar surface area (TPSA) is 81.0 Å². The minimum atomic E-state index is -0.419. The molecule has 0 aliphatic carbocycles. The number of aryl methyl sites for hydroxylation is 1. The van der Waals surface area contributed by atoms with Crippen molar-refractivity contribution in [3.8, 4) is 0 Å². The van der Waals surface area contributed by atoms with Crippen LogP contribution >= 0.6 is 11.6 Å². The Labute approximate surface area is 137 Å². The van der Waals surface area contributed by atoms with Crippen LogP contribution in [0.15, 0.2) is 42.5 Å². The SMILES string of the molecule is Cc1cccc2c(NCc3ccc([N+](=O)[O-])cc3)nc(Cl)nc12. The first-order valence-corrected chi connectivity index (χ1v) is 7.32. The van der Waals surface area contributed by atoms with E-state index < -0.39 is 4.92 Å². The number of benzene rings is 2. The van der Waals surface area contributed by atoms with E-state index in [-0.39, 0.29) is 11.0 Å². The van der Waals surface area contributed by atoms with Crippen LogP contribution in [0, 0.1) is 17.0 Å². The second-order valence-electron chi connectivity index (χ2n) is 5.09. The van der Waals surface area contributed by atoms with Crippen molar-refractivity contribution in [2.45, 2.75) is 13.5 Å². The molecule has 7 heteroatoms. The summed E-state index contributed by atoms with van der Waals surface area (Å²) in [6, 6.07) is 12.2. The Morgan fingerprint density at radius 3 is 2.61 bits per heavy atom. The first-order valence-electron chi connectivity index (χ1n) is 6.94. The second-order valence-corrected chi connectivity index (χ2v) is 5.43. The summed E-state index contributed by atoms with van der Waals surface area (Å²) >= 11 is 6.00. The summed E-state index contributed by atoms with van der Waals surface area (Å²) in [5.74, 6) is 0.641. The lowest BCUT2D eigenvalue weighted by atomic mass is 10.1. The summed E-state index contributed by atoms with van der Waals surface area (Å²) in [6.07, 6.45) is 0. The molecule has 0 amide bonds. The van der Waals surface area contributed by atoms with E-state index in [1.807, 2.05) is 25.1 Å². The van der Waals surface area contributed by atoms with Crippen LogP contribution in [0.5, 0.6) is 0 Å². The number of nitrogens with zero attached hydrogens (tertiary/aromatic N) is 3. The summed E-state index contributed by atoms with van der Waals surface area (Å²) in [7, 11) is 0. The predicted octanol–water partition coefficient (Wildman–Crippen LogP) is 4.11. The Kier molecular flexibility index (Phi) is 4.08. The number of nitro benzene ring substituents is 1. The smallest absolute Gasteiger partial charge is 0.269 e. The summed E-state index contributed by atoms with van der Waals surface area (Å²) in [5.41, 5.74) is 2.80. The highest BCUT2D eigenvalue weighted by Gasteiger charge is 2.09. The van der Waals surface area contributed by atoms with E-state index in [0.717, 1.165) is 22.0 Å². The molecular weight excluding hydrogens is 316 g/mol. The van der Waals surface area contributed by atoms with E-state index >= 15 is 0 Å². The van der Waals surface area contributed by atoms with Gasteiger partial charge in [-0.15, -0.1) is 0 Å². The fourth-order valence-electron chi connectivity index (χ4n) is 2.32. The number of nitro groups is 1. The van der Waals surface area contributed by atoms with Gasteiger partial charge in [0.2, 0.25) is 5.28 Å². The molecule has 0 fully saturated rings. The maximum Gasteiger partial charge on any atom is 0.269 e. The van der Waals surface area contributed by atoms with E-state index in [0.29, 0.717) is 12.4 Å². The second kappa shape index (κ2) is 6.18. The largest absolute Gasteiger partial charge is 0.365 e. The van der Waals surface area contributed by atoms with Crippen molar-refractivity contribution >= 4 is 34.0 Å². The van der Waals surface area contributed by atoms with Crippen LogP contribution in [-0.2, 0) is 6.54 Å². The molecule has 0 radical (unpaired) electrons. The van der Waals surface area contributed by atoms with Crippen molar-refractivity contribution in [2.24, 2.45) is 0 Å². The molecular formula is C16H13ClN4O2. The highest BCUT2D eigenvalue weighted by Crippen LogP contribution is 2.25. The minimum absolute atomic E-state index is 0.0694. The third-order valence-electron chi connectivity index (χ3n) is 3.51. The third kappa shape index (κ3) is 3.22. The lowest BCUT2D eigenvalue weighted by Gasteiger charge is -2.10. The van der Waals surface area contributed by atoms with E-state index in [4.69, 9.17) is 11.6 Å². The maximum absolute atomic E-state index is 10.7. The summed E-state index contributed by atoms with van der Waals surface area (Å²) in [6.45, 7) is 2.44. The first kappa shape index (κ1) is 15.2. The fourth-order valence-corrected chi connectivity index (χ4v) is 2.49. The molecule has 0 bridgehead atoms. The van der Waals surface area contributed by atoms with Crippen LogP contribution in [0.2, 0.25) is 5.28 Å². The highest BCUT2D eigenvalue weighted by atomic mass is 35.5. The first-order chi connectivity index (χ1) is 11.0. The van der Waals surface area contributed by atoms with Gasteiger partial charge in [0.25, 0.3) is 5.69 Å². The molecule has 0 aliphatic heterocycles. The Bertz CT molecular complexity index is 881. The number of hydrogen-bond donors (Lipinski definition) is 1. The van der Waals surface area contributed by atoms with Crippen molar-refractivity contribution in [2.75, 3.05) is 5.32 Å². The molecule has 3 rings (SSSR count). The van der Waals surface area contributed by atoms with Gasteiger partial charge in [0.1, 0.15) is 5.82 Å². The van der Waals surface area contributed by atoms with Gasteiger partial charge in [-0.1, -0.05) is 24.3 Å². The molecule has 2 aromatic carbocycles. The number of halogens is 1. The van der Waals surface area contributed by atoms with Crippen LogP contribution in [0.4, 0.5) is 11.5 Å². The summed E-state index contributed by atoms with van der Waals surface area (Å²) in [4.78, 5) is 18.7. The Hall–Kier alpha value is -2.73. The molecule has 6 nitrogen and oxygen atoms in total. The van der Waals surface area contributed by atoms with Gasteiger partial charge >= 0.3 is 0 Å². The number of fused-ring (bicyclic) bond motifs is 1. The van der Waals surface area contributed by atoms with Gasteiger partial charge in [-0.2, -0.15) is 0 Å². The number of aromatic nitrogens is 2. The molecule has 0 aliphatic rings. The molecule has 1 aromatic heterocycles. The van der Waals surface area contributed by atoms with Crippen LogP contribution < -0.4 is 5.32 Å². The van der Waals surface area contributed by atoms with Crippen LogP contribution in [0.1, 0.15) is 11.1 Å². The van der Waals surface area contributed by atoms with Crippen molar-refractivity contribution in [3.05, 3.63) is 69.0 Å². The Morgan fingerprint density at radius 1 is 1.17 bits per heavy atom. The van der Waals surface area contributed by atoms with E-state index in [9.17, 15) is 10.1 Å².